The molecule has 1 aliphatic carbocycles. The fraction of sp³-hybridized carbons (Fsp3) is 0.476. The van der Waals surface area contributed by atoms with Crippen LogP contribution in [0.1, 0.15) is 56.0 Å². The van der Waals surface area contributed by atoms with E-state index in [1.807, 2.05) is 15.8 Å². The Morgan fingerprint density at radius 3 is 2.67 bits per heavy atom. The lowest BCUT2D eigenvalue weighted by atomic mass is 9.83. The average molecular weight is 410 g/mol. The number of rotatable bonds is 3. The second kappa shape index (κ2) is 8.95. The Labute approximate surface area is 175 Å². The fourth-order valence-corrected chi connectivity index (χ4v) is 3.86. The summed E-state index contributed by atoms with van der Waals surface area (Å²) in [5.41, 5.74) is 9.91. The molecule has 3 heterocycles. The van der Waals surface area contributed by atoms with Crippen LogP contribution in [0.5, 0.6) is 0 Å². The standard InChI is InChI=1S/C20H24N6O.CH2O2/c1-12(2)26-10-14(9-23-26)18-15(8-21)19(22)24-17-6-7-25(11-16(17)18)20(27)13-4-3-5-13;2-1-3/h9-10,12-13H,3-7,11H2,1-2H3,(H2,22,24);1H,(H,2,3). The molecule has 30 heavy (non-hydrogen) atoms. The number of nitrogens with two attached hydrogens (primary N) is 1. The zero-order valence-electron chi connectivity index (χ0n) is 17.2. The summed E-state index contributed by atoms with van der Waals surface area (Å²) >= 11 is 0. The van der Waals surface area contributed by atoms with Gasteiger partial charge in [-0.15, -0.1) is 0 Å². The molecule has 0 radical (unpaired) electrons. The highest BCUT2D eigenvalue weighted by atomic mass is 16.3. The van der Waals surface area contributed by atoms with E-state index in [1.54, 1.807) is 6.20 Å². The molecule has 4 rings (SSSR count). The van der Waals surface area contributed by atoms with Gasteiger partial charge in [0.25, 0.3) is 6.47 Å². The minimum atomic E-state index is -0.250. The third kappa shape index (κ3) is 3.99. The maximum atomic E-state index is 12.8. The molecule has 0 aromatic carbocycles. The topological polar surface area (TPSA) is 138 Å². The molecule has 0 saturated heterocycles. The van der Waals surface area contributed by atoms with E-state index >= 15 is 0 Å². The Hall–Kier alpha value is -3.41. The molecule has 1 saturated carbocycles. The molecule has 2 aromatic heterocycles. The highest BCUT2D eigenvalue weighted by Gasteiger charge is 2.33. The Morgan fingerprint density at radius 2 is 2.13 bits per heavy atom. The summed E-state index contributed by atoms with van der Waals surface area (Å²) in [7, 11) is 0. The van der Waals surface area contributed by atoms with Crippen molar-refractivity contribution in [2.24, 2.45) is 5.92 Å². The lowest BCUT2D eigenvalue weighted by Crippen LogP contribution is -2.42. The molecule has 158 valence electrons. The summed E-state index contributed by atoms with van der Waals surface area (Å²) in [5, 5.41) is 21.0. The first-order valence-electron chi connectivity index (χ1n) is 10.0. The maximum Gasteiger partial charge on any atom is 0.290 e. The number of nitrogens with zero attached hydrogens (tertiary/aromatic N) is 5. The molecule has 1 aliphatic heterocycles. The van der Waals surface area contributed by atoms with E-state index in [0.717, 1.165) is 41.6 Å². The molecule has 0 unspecified atom stereocenters. The lowest BCUT2D eigenvalue weighted by Gasteiger charge is -2.35. The maximum absolute atomic E-state index is 12.8. The first-order valence-corrected chi connectivity index (χ1v) is 10.0. The predicted molar refractivity (Wildman–Crippen MR) is 110 cm³/mol. The van der Waals surface area contributed by atoms with Crippen molar-refractivity contribution in [3.8, 4) is 17.2 Å². The van der Waals surface area contributed by atoms with Gasteiger partial charge in [-0.25, -0.2) is 4.98 Å². The van der Waals surface area contributed by atoms with Gasteiger partial charge in [-0.3, -0.25) is 14.3 Å². The predicted octanol–water partition coefficient (Wildman–Crippen LogP) is 2.37. The number of nitriles is 1. The van der Waals surface area contributed by atoms with Crippen molar-refractivity contribution in [3.05, 3.63) is 29.2 Å². The summed E-state index contributed by atoms with van der Waals surface area (Å²) in [6.07, 6.45) is 7.47. The minimum Gasteiger partial charge on any atom is -0.483 e. The van der Waals surface area contributed by atoms with E-state index in [-0.39, 0.29) is 30.2 Å². The van der Waals surface area contributed by atoms with Crippen LogP contribution in [-0.4, -0.2) is 43.7 Å². The van der Waals surface area contributed by atoms with Crippen molar-refractivity contribution in [2.45, 2.75) is 52.1 Å². The summed E-state index contributed by atoms with van der Waals surface area (Å²) in [5.74, 6) is 0.643. The Balaban J connectivity index is 0.000000806. The van der Waals surface area contributed by atoms with E-state index in [9.17, 15) is 10.1 Å². The number of amides is 1. The average Bonchev–Trinajstić information content (AvgIpc) is 3.16. The highest BCUT2D eigenvalue weighted by Crippen LogP contribution is 2.36. The molecule has 1 amide bonds. The highest BCUT2D eigenvalue weighted by molar-refractivity contribution is 5.82. The third-order valence-electron chi connectivity index (χ3n) is 5.68. The number of carbonyl (C=O) groups is 2. The van der Waals surface area contributed by atoms with Crippen LogP contribution in [0.4, 0.5) is 5.82 Å². The molecule has 0 atom stereocenters. The summed E-state index contributed by atoms with van der Waals surface area (Å²) < 4.78 is 1.86. The van der Waals surface area contributed by atoms with Gasteiger partial charge in [-0.1, -0.05) is 6.42 Å². The van der Waals surface area contributed by atoms with Gasteiger partial charge in [0.2, 0.25) is 5.91 Å². The van der Waals surface area contributed by atoms with Crippen LogP contribution < -0.4 is 5.73 Å². The largest absolute Gasteiger partial charge is 0.483 e. The van der Waals surface area contributed by atoms with Crippen LogP contribution in [0, 0.1) is 17.2 Å². The number of carboxylic acid groups (broad SMARTS) is 1. The Morgan fingerprint density at radius 1 is 1.43 bits per heavy atom. The van der Waals surface area contributed by atoms with Gasteiger partial charge in [0.05, 0.1) is 11.9 Å². The van der Waals surface area contributed by atoms with Crippen LogP contribution in [-0.2, 0) is 22.6 Å². The Kier molecular flexibility index (Phi) is 6.35. The van der Waals surface area contributed by atoms with Crippen molar-refractivity contribution in [1.29, 1.82) is 5.26 Å². The zero-order chi connectivity index (χ0) is 21.8. The Bertz CT molecular complexity index is 987. The number of hydrogen-bond acceptors (Lipinski definition) is 6. The number of nitrogen functional groups attached to an aromatic ring is 1. The molecule has 1 fully saturated rings. The molecular weight excluding hydrogens is 384 g/mol. The van der Waals surface area contributed by atoms with Gasteiger partial charge in [0, 0.05) is 54.4 Å². The first kappa shape index (κ1) is 21.3. The van der Waals surface area contributed by atoms with Crippen molar-refractivity contribution in [1.82, 2.24) is 19.7 Å². The first-order chi connectivity index (χ1) is 14.4. The van der Waals surface area contributed by atoms with Crippen molar-refractivity contribution in [3.63, 3.8) is 0 Å². The summed E-state index contributed by atoms with van der Waals surface area (Å²) in [6.45, 7) is 4.99. The van der Waals surface area contributed by atoms with Crippen LogP contribution in [0.3, 0.4) is 0 Å². The van der Waals surface area contributed by atoms with Gasteiger partial charge in [0.15, 0.2) is 0 Å². The molecular formula is C21H26N6O3. The van der Waals surface area contributed by atoms with Gasteiger partial charge >= 0.3 is 0 Å². The van der Waals surface area contributed by atoms with Crippen molar-refractivity contribution >= 4 is 18.2 Å². The van der Waals surface area contributed by atoms with E-state index in [1.165, 1.54) is 0 Å². The van der Waals surface area contributed by atoms with Crippen LogP contribution >= 0.6 is 0 Å². The van der Waals surface area contributed by atoms with Gasteiger partial charge in [-0.2, -0.15) is 10.4 Å². The van der Waals surface area contributed by atoms with E-state index in [4.69, 9.17) is 15.6 Å². The van der Waals surface area contributed by atoms with E-state index < -0.39 is 0 Å². The SMILES string of the molecule is CC(C)n1cc(-c2c(C#N)c(N)nc3c2CN(C(=O)C2CCC2)CC3)cn1.O=CO. The van der Waals surface area contributed by atoms with Gasteiger partial charge in [-0.05, 0) is 26.7 Å². The molecule has 2 aromatic rings. The van der Waals surface area contributed by atoms with Crippen LogP contribution in [0.15, 0.2) is 12.4 Å². The number of carbonyl (C=O) groups excluding carboxylic acids is 1. The second-order valence-corrected chi connectivity index (χ2v) is 7.83. The normalized spacial score (nSPS) is 15.5. The quantitative estimate of drug-likeness (QED) is 0.741. The fourth-order valence-electron chi connectivity index (χ4n) is 3.86. The van der Waals surface area contributed by atoms with Crippen LogP contribution in [0.2, 0.25) is 0 Å². The minimum absolute atomic E-state index is 0.163. The lowest BCUT2D eigenvalue weighted by molar-refractivity contribution is -0.139. The molecule has 3 N–H and O–H groups in total. The van der Waals surface area contributed by atoms with Crippen molar-refractivity contribution < 1.29 is 14.7 Å². The number of pyridine rings is 1. The van der Waals surface area contributed by atoms with E-state index in [2.05, 4.69) is 30.0 Å². The smallest absolute Gasteiger partial charge is 0.290 e. The summed E-state index contributed by atoms with van der Waals surface area (Å²) in [6, 6.07) is 2.43. The molecule has 9 heteroatoms. The zero-order valence-corrected chi connectivity index (χ0v) is 17.2. The summed E-state index contributed by atoms with van der Waals surface area (Å²) in [4.78, 5) is 27.5. The van der Waals surface area contributed by atoms with Gasteiger partial charge < -0.3 is 15.7 Å². The molecule has 2 aliphatic rings. The molecule has 9 nitrogen and oxygen atoms in total. The number of fused-ring (bicyclic) bond motifs is 1. The molecule has 0 spiro atoms. The van der Waals surface area contributed by atoms with E-state index in [0.29, 0.717) is 25.1 Å². The third-order valence-corrected chi connectivity index (χ3v) is 5.68. The van der Waals surface area contributed by atoms with Crippen molar-refractivity contribution in [2.75, 3.05) is 12.3 Å². The van der Waals surface area contributed by atoms with Crippen LogP contribution in [0.25, 0.3) is 11.1 Å². The second-order valence-electron chi connectivity index (χ2n) is 7.83. The monoisotopic (exact) mass is 410 g/mol. The molecule has 0 bridgehead atoms. The number of aromatic nitrogens is 3. The van der Waals surface area contributed by atoms with Gasteiger partial charge in [0.1, 0.15) is 17.5 Å². The number of hydrogen-bond donors (Lipinski definition) is 2. The number of anilines is 1.